The molecule has 1 aliphatic carbocycles. The van der Waals surface area contributed by atoms with Gasteiger partial charge in [-0.15, -0.1) is 10.2 Å². The van der Waals surface area contributed by atoms with Crippen molar-refractivity contribution in [1.29, 1.82) is 0 Å². The van der Waals surface area contributed by atoms with Crippen LogP contribution in [-0.2, 0) is 16.4 Å². The van der Waals surface area contributed by atoms with Gasteiger partial charge in [0.15, 0.2) is 0 Å². The lowest BCUT2D eigenvalue weighted by Crippen LogP contribution is -2.39. The first kappa shape index (κ1) is 16.9. The average molecular weight is 349 g/mol. The van der Waals surface area contributed by atoms with Crippen LogP contribution in [0.15, 0.2) is 35.7 Å². The minimum absolute atomic E-state index is 0.0848. The largest absolute Gasteiger partial charge is 0.399 e. The molecule has 7 nitrogen and oxygen atoms in total. The molecule has 3 N–H and O–H groups in total. The van der Waals surface area contributed by atoms with E-state index in [2.05, 4.69) is 14.9 Å². The summed E-state index contributed by atoms with van der Waals surface area (Å²) >= 11 is 0. The number of nitrogens with two attached hydrogens (primary N) is 1. The smallest absolute Gasteiger partial charge is 0.241 e. The van der Waals surface area contributed by atoms with Gasteiger partial charge in [-0.1, -0.05) is 6.92 Å². The summed E-state index contributed by atoms with van der Waals surface area (Å²) in [5, 5.41) is 7.68. The summed E-state index contributed by atoms with van der Waals surface area (Å²) in [7, 11) is -3.56. The van der Waals surface area contributed by atoms with Gasteiger partial charge in [-0.3, -0.25) is 0 Å². The van der Waals surface area contributed by atoms with Crippen molar-refractivity contribution in [3.05, 3.63) is 36.4 Å². The Balaban J connectivity index is 1.77. The fourth-order valence-electron chi connectivity index (χ4n) is 3.36. The average Bonchev–Trinajstić information content (AvgIpc) is 3.08. The van der Waals surface area contributed by atoms with Crippen molar-refractivity contribution in [3.63, 3.8) is 0 Å². The van der Waals surface area contributed by atoms with E-state index in [0.717, 1.165) is 31.2 Å². The second-order valence-corrected chi connectivity index (χ2v) is 7.95. The van der Waals surface area contributed by atoms with E-state index in [1.807, 2.05) is 11.5 Å². The van der Waals surface area contributed by atoms with Gasteiger partial charge in [0, 0.05) is 17.8 Å². The van der Waals surface area contributed by atoms with Crippen molar-refractivity contribution < 1.29 is 8.42 Å². The summed E-state index contributed by atoms with van der Waals surface area (Å²) in [6.45, 7) is 1.93. The first-order valence-electron chi connectivity index (χ1n) is 8.24. The lowest BCUT2D eigenvalue weighted by atomic mass is 9.91. The molecule has 2 atom stereocenters. The second kappa shape index (κ2) is 6.90. The fraction of sp³-hybridized carbons (Fsp3) is 0.500. The van der Waals surface area contributed by atoms with E-state index in [4.69, 9.17) is 5.73 Å². The molecular weight excluding hydrogens is 326 g/mol. The highest BCUT2D eigenvalue weighted by molar-refractivity contribution is 7.89. The van der Waals surface area contributed by atoms with Gasteiger partial charge in [0.2, 0.25) is 10.0 Å². The van der Waals surface area contributed by atoms with Crippen LogP contribution in [0.25, 0.3) is 0 Å². The number of sulfonamides is 1. The summed E-state index contributed by atoms with van der Waals surface area (Å²) < 4.78 is 30.4. The van der Waals surface area contributed by atoms with Crippen molar-refractivity contribution in [2.45, 2.75) is 56.0 Å². The van der Waals surface area contributed by atoms with E-state index in [1.54, 1.807) is 30.9 Å². The maximum atomic E-state index is 12.8. The molecule has 0 amide bonds. The predicted molar refractivity (Wildman–Crippen MR) is 91.9 cm³/mol. The van der Waals surface area contributed by atoms with Gasteiger partial charge >= 0.3 is 0 Å². The number of hydrogen-bond acceptors (Lipinski definition) is 5. The van der Waals surface area contributed by atoms with Crippen LogP contribution in [0.1, 0.15) is 44.2 Å². The molecule has 1 fully saturated rings. The van der Waals surface area contributed by atoms with Crippen molar-refractivity contribution in [2.24, 2.45) is 0 Å². The van der Waals surface area contributed by atoms with Gasteiger partial charge in [-0.25, -0.2) is 13.1 Å². The first-order valence-corrected chi connectivity index (χ1v) is 9.72. The molecule has 8 heteroatoms. The van der Waals surface area contributed by atoms with Crippen molar-refractivity contribution >= 4 is 15.7 Å². The van der Waals surface area contributed by atoms with E-state index in [1.165, 1.54) is 0 Å². The predicted octanol–water partition coefficient (Wildman–Crippen LogP) is 1.88. The highest BCUT2D eigenvalue weighted by Gasteiger charge is 2.28. The molecule has 3 rings (SSSR count). The van der Waals surface area contributed by atoms with E-state index < -0.39 is 10.0 Å². The van der Waals surface area contributed by atoms with Crippen LogP contribution in [0, 0.1) is 0 Å². The Morgan fingerprint density at radius 3 is 2.75 bits per heavy atom. The van der Waals surface area contributed by atoms with Crippen LogP contribution in [0.5, 0.6) is 0 Å². The maximum Gasteiger partial charge on any atom is 0.241 e. The Morgan fingerprint density at radius 2 is 2.04 bits per heavy atom. The number of nitrogen functional groups attached to an aromatic ring is 1. The molecular formula is C16H23N5O2S. The zero-order valence-corrected chi connectivity index (χ0v) is 14.5. The van der Waals surface area contributed by atoms with E-state index >= 15 is 0 Å². The minimum atomic E-state index is -3.56. The molecule has 1 aliphatic rings. The number of aryl methyl sites for hydroxylation is 1. The van der Waals surface area contributed by atoms with Gasteiger partial charge < -0.3 is 10.3 Å². The maximum absolute atomic E-state index is 12.8. The molecule has 130 valence electrons. The summed E-state index contributed by atoms with van der Waals surface area (Å²) in [4.78, 5) is 0.325. The van der Waals surface area contributed by atoms with Crippen LogP contribution in [0.3, 0.4) is 0 Å². The Bertz CT molecular complexity index is 789. The van der Waals surface area contributed by atoms with Gasteiger partial charge in [-0.05, 0) is 55.9 Å². The van der Waals surface area contributed by atoms with Crippen molar-refractivity contribution in [1.82, 2.24) is 19.5 Å². The number of anilines is 1. The number of nitrogens with one attached hydrogen (secondary N) is 1. The number of nitrogens with zero attached hydrogens (tertiary/aromatic N) is 3. The van der Waals surface area contributed by atoms with Crippen molar-refractivity contribution in [2.75, 3.05) is 5.73 Å². The summed E-state index contributed by atoms with van der Waals surface area (Å²) in [6.07, 6.45) is 7.57. The second-order valence-electron chi connectivity index (χ2n) is 6.27. The Kier molecular flexibility index (Phi) is 4.86. The number of rotatable bonds is 5. The molecule has 1 aromatic carbocycles. The van der Waals surface area contributed by atoms with Gasteiger partial charge in [-0.2, -0.15) is 0 Å². The quantitative estimate of drug-likeness (QED) is 0.802. The topological polar surface area (TPSA) is 103 Å². The first-order chi connectivity index (χ1) is 11.5. The third kappa shape index (κ3) is 3.59. The van der Waals surface area contributed by atoms with E-state index in [0.29, 0.717) is 17.0 Å². The Hall–Kier alpha value is -1.93. The van der Waals surface area contributed by atoms with Crippen LogP contribution in [-0.4, -0.2) is 29.2 Å². The lowest BCUT2D eigenvalue weighted by molar-refractivity contribution is 0.305. The standard InChI is InChI=1S/C16H23N5O2S/c1-2-12-8-13(17)6-7-16(12)24(22,23)20-14-4-3-5-15(9-14)21-10-18-19-11-21/h6-8,10-11,14-15,20H,2-5,9,17H2,1H3. The zero-order chi connectivity index (χ0) is 17.2. The highest BCUT2D eigenvalue weighted by Crippen LogP contribution is 2.29. The lowest BCUT2D eigenvalue weighted by Gasteiger charge is -2.30. The summed E-state index contributed by atoms with van der Waals surface area (Å²) in [5.74, 6) is 0. The Morgan fingerprint density at radius 1 is 1.29 bits per heavy atom. The van der Waals surface area contributed by atoms with E-state index in [9.17, 15) is 8.42 Å². The molecule has 24 heavy (non-hydrogen) atoms. The van der Waals surface area contributed by atoms with Crippen LogP contribution in [0.2, 0.25) is 0 Å². The molecule has 1 aromatic heterocycles. The molecule has 2 aromatic rings. The van der Waals surface area contributed by atoms with E-state index in [-0.39, 0.29) is 12.1 Å². The molecule has 0 aliphatic heterocycles. The Labute approximate surface area is 142 Å². The molecule has 0 bridgehead atoms. The van der Waals surface area contributed by atoms with Gasteiger partial charge in [0.1, 0.15) is 12.7 Å². The molecule has 1 saturated carbocycles. The normalized spacial score (nSPS) is 21.7. The number of benzene rings is 1. The SMILES string of the molecule is CCc1cc(N)ccc1S(=O)(=O)NC1CCCC(n2cnnc2)C1. The number of hydrogen-bond donors (Lipinski definition) is 2. The highest BCUT2D eigenvalue weighted by atomic mass is 32.2. The zero-order valence-electron chi connectivity index (χ0n) is 13.7. The minimum Gasteiger partial charge on any atom is -0.399 e. The van der Waals surface area contributed by atoms with Crippen LogP contribution in [0.4, 0.5) is 5.69 Å². The molecule has 0 radical (unpaired) electrons. The molecule has 2 unspecified atom stereocenters. The van der Waals surface area contributed by atoms with Crippen LogP contribution >= 0.6 is 0 Å². The monoisotopic (exact) mass is 349 g/mol. The fourth-order valence-corrected chi connectivity index (χ4v) is 4.94. The van der Waals surface area contributed by atoms with Gasteiger partial charge in [0.05, 0.1) is 4.90 Å². The number of aromatic nitrogens is 3. The third-order valence-electron chi connectivity index (χ3n) is 4.58. The molecule has 1 heterocycles. The summed E-state index contributed by atoms with van der Waals surface area (Å²) in [5.41, 5.74) is 7.10. The van der Waals surface area contributed by atoms with Crippen molar-refractivity contribution in [3.8, 4) is 0 Å². The molecule has 0 saturated heterocycles. The molecule has 0 spiro atoms. The summed E-state index contributed by atoms with van der Waals surface area (Å²) in [6, 6.07) is 5.11. The third-order valence-corrected chi connectivity index (χ3v) is 6.20. The van der Waals surface area contributed by atoms with Crippen LogP contribution < -0.4 is 10.5 Å². The van der Waals surface area contributed by atoms with Gasteiger partial charge in [0.25, 0.3) is 0 Å².